The Morgan fingerprint density at radius 1 is 1.27 bits per heavy atom. The molecule has 1 amide bonds. The van der Waals surface area contributed by atoms with Crippen LogP contribution in [-0.4, -0.2) is 54.7 Å². The van der Waals surface area contributed by atoms with Crippen molar-refractivity contribution in [2.24, 2.45) is 0 Å². The SMILES string of the molecule is Cc1[nH]c(=O)c(C#N)c(C)c1CCC(=O)N1CCN(S(=O)(=O)c2ccc(Cl)s2)CC1. The summed E-state index contributed by atoms with van der Waals surface area (Å²) < 4.78 is 27.3. The number of hydrogen-bond acceptors (Lipinski definition) is 6. The number of pyridine rings is 1. The molecule has 2 aromatic rings. The van der Waals surface area contributed by atoms with Gasteiger partial charge in [-0.3, -0.25) is 9.59 Å². The molecule has 30 heavy (non-hydrogen) atoms. The number of halogens is 1. The number of piperazine rings is 1. The minimum absolute atomic E-state index is 0.0653. The van der Waals surface area contributed by atoms with Crippen molar-refractivity contribution < 1.29 is 13.2 Å². The fourth-order valence-electron chi connectivity index (χ4n) is 3.55. The predicted octanol–water partition coefficient (Wildman–Crippen LogP) is 2.04. The smallest absolute Gasteiger partial charge is 0.266 e. The number of nitriles is 1. The second kappa shape index (κ2) is 8.89. The van der Waals surface area contributed by atoms with Gasteiger partial charge < -0.3 is 9.88 Å². The summed E-state index contributed by atoms with van der Waals surface area (Å²) in [6, 6.07) is 4.95. The highest BCUT2D eigenvalue weighted by molar-refractivity contribution is 7.91. The predicted molar refractivity (Wildman–Crippen MR) is 114 cm³/mol. The first kappa shape index (κ1) is 22.5. The van der Waals surface area contributed by atoms with Crippen molar-refractivity contribution in [2.75, 3.05) is 26.2 Å². The van der Waals surface area contributed by atoms with Gasteiger partial charge in [0.05, 0.1) is 4.34 Å². The van der Waals surface area contributed by atoms with Crippen LogP contribution >= 0.6 is 22.9 Å². The molecule has 1 fully saturated rings. The van der Waals surface area contributed by atoms with E-state index in [1.54, 1.807) is 24.8 Å². The molecule has 0 unspecified atom stereocenters. The fourth-order valence-corrected chi connectivity index (χ4v) is 6.61. The normalized spacial score (nSPS) is 15.2. The van der Waals surface area contributed by atoms with E-state index < -0.39 is 15.6 Å². The number of amides is 1. The van der Waals surface area contributed by atoms with Crippen LogP contribution in [0.2, 0.25) is 4.34 Å². The van der Waals surface area contributed by atoms with Crippen LogP contribution in [0, 0.1) is 25.2 Å². The molecular weight excluding hydrogens is 448 g/mol. The third kappa shape index (κ3) is 4.44. The molecule has 0 spiro atoms. The Hall–Kier alpha value is -2.19. The number of hydrogen-bond donors (Lipinski definition) is 1. The molecule has 0 saturated carbocycles. The minimum atomic E-state index is -3.60. The Morgan fingerprint density at radius 2 is 1.93 bits per heavy atom. The lowest BCUT2D eigenvalue weighted by Gasteiger charge is -2.33. The van der Waals surface area contributed by atoms with E-state index in [9.17, 15) is 18.0 Å². The number of nitrogens with one attached hydrogen (secondary N) is 1. The third-order valence-corrected chi connectivity index (χ3v) is 8.84. The summed E-state index contributed by atoms with van der Waals surface area (Å²) in [5.41, 5.74) is 1.67. The molecule has 3 heterocycles. The number of nitrogens with zero attached hydrogens (tertiary/aromatic N) is 3. The molecule has 0 atom stereocenters. The number of aryl methyl sites for hydroxylation is 1. The Kier molecular flexibility index (Phi) is 6.67. The zero-order valence-corrected chi connectivity index (χ0v) is 19.0. The highest BCUT2D eigenvalue weighted by Crippen LogP contribution is 2.28. The van der Waals surface area contributed by atoms with Crippen LogP contribution in [-0.2, 0) is 21.2 Å². The highest BCUT2D eigenvalue weighted by atomic mass is 35.5. The van der Waals surface area contributed by atoms with Gasteiger partial charge >= 0.3 is 0 Å². The lowest BCUT2D eigenvalue weighted by molar-refractivity contribution is -0.132. The summed E-state index contributed by atoms with van der Waals surface area (Å²) in [6.45, 7) is 4.52. The van der Waals surface area contributed by atoms with E-state index in [4.69, 9.17) is 16.9 Å². The monoisotopic (exact) mass is 468 g/mol. The van der Waals surface area contributed by atoms with E-state index in [0.717, 1.165) is 16.9 Å². The topological polar surface area (TPSA) is 114 Å². The van der Waals surface area contributed by atoms with Gasteiger partial charge in [-0.1, -0.05) is 11.6 Å². The van der Waals surface area contributed by atoms with Crippen molar-refractivity contribution >= 4 is 38.9 Å². The first-order chi connectivity index (χ1) is 14.1. The molecule has 8 nitrogen and oxygen atoms in total. The van der Waals surface area contributed by atoms with E-state index in [1.165, 1.54) is 10.4 Å². The summed E-state index contributed by atoms with van der Waals surface area (Å²) in [4.78, 5) is 28.8. The maximum Gasteiger partial charge on any atom is 0.266 e. The zero-order valence-electron chi connectivity index (χ0n) is 16.6. The second-order valence-electron chi connectivity index (χ2n) is 7.01. The number of H-pyrrole nitrogens is 1. The summed E-state index contributed by atoms with van der Waals surface area (Å²) in [7, 11) is -3.60. The van der Waals surface area contributed by atoms with Crippen LogP contribution in [0.4, 0.5) is 0 Å². The summed E-state index contributed by atoms with van der Waals surface area (Å²) >= 11 is 6.87. The Bertz CT molecular complexity index is 1170. The number of sulfonamides is 1. The third-order valence-electron chi connectivity index (χ3n) is 5.24. The van der Waals surface area contributed by atoms with Gasteiger partial charge in [-0.25, -0.2) is 8.42 Å². The van der Waals surface area contributed by atoms with Crippen molar-refractivity contribution in [3.05, 3.63) is 49.2 Å². The van der Waals surface area contributed by atoms with E-state index >= 15 is 0 Å². The number of carbonyl (C=O) groups is 1. The second-order valence-corrected chi connectivity index (χ2v) is 10.9. The summed E-state index contributed by atoms with van der Waals surface area (Å²) in [6.07, 6.45) is 0.611. The van der Waals surface area contributed by atoms with Crippen LogP contribution < -0.4 is 5.56 Å². The van der Waals surface area contributed by atoms with E-state index in [1.807, 2.05) is 6.07 Å². The van der Waals surface area contributed by atoms with Crippen LogP contribution in [0.5, 0.6) is 0 Å². The van der Waals surface area contributed by atoms with Crippen molar-refractivity contribution in [2.45, 2.75) is 30.9 Å². The van der Waals surface area contributed by atoms with Crippen LogP contribution in [0.3, 0.4) is 0 Å². The van der Waals surface area contributed by atoms with Crippen molar-refractivity contribution in [1.82, 2.24) is 14.2 Å². The summed E-state index contributed by atoms with van der Waals surface area (Å²) in [5, 5.41) is 9.16. The quantitative estimate of drug-likeness (QED) is 0.721. The lowest BCUT2D eigenvalue weighted by Crippen LogP contribution is -2.50. The molecule has 0 radical (unpaired) electrons. The molecule has 1 aliphatic heterocycles. The minimum Gasteiger partial charge on any atom is -0.340 e. The van der Waals surface area contributed by atoms with Gasteiger partial charge in [0, 0.05) is 38.3 Å². The van der Waals surface area contributed by atoms with E-state index in [2.05, 4.69) is 4.98 Å². The number of aromatic amines is 1. The van der Waals surface area contributed by atoms with Crippen LogP contribution in [0.1, 0.15) is 28.8 Å². The molecule has 160 valence electrons. The number of thiophene rings is 1. The van der Waals surface area contributed by atoms with Crippen molar-refractivity contribution in [3.8, 4) is 6.07 Å². The first-order valence-corrected chi connectivity index (χ1v) is 11.9. The molecule has 0 aromatic carbocycles. The summed E-state index contributed by atoms with van der Waals surface area (Å²) in [5.74, 6) is -0.0882. The zero-order chi connectivity index (χ0) is 22.1. The molecule has 3 rings (SSSR count). The van der Waals surface area contributed by atoms with Gasteiger partial charge in [0.1, 0.15) is 15.8 Å². The standard InChI is InChI=1S/C19H21ClN4O4S2/c1-12-14(13(2)22-19(26)15(12)11-21)3-5-17(25)23-7-9-24(10-8-23)30(27,28)18-6-4-16(20)29-18/h4,6H,3,5,7-10H2,1-2H3,(H,22,26). The number of carbonyl (C=O) groups excluding carboxylic acids is 1. The largest absolute Gasteiger partial charge is 0.340 e. The lowest BCUT2D eigenvalue weighted by atomic mass is 9.99. The van der Waals surface area contributed by atoms with Gasteiger partial charge in [0.2, 0.25) is 5.91 Å². The fraction of sp³-hybridized carbons (Fsp3) is 0.421. The van der Waals surface area contributed by atoms with Gasteiger partial charge in [0.15, 0.2) is 0 Å². The molecule has 2 aromatic heterocycles. The molecule has 1 saturated heterocycles. The van der Waals surface area contributed by atoms with Crippen molar-refractivity contribution in [1.29, 1.82) is 5.26 Å². The first-order valence-electron chi connectivity index (χ1n) is 9.31. The Morgan fingerprint density at radius 3 is 2.50 bits per heavy atom. The van der Waals surface area contributed by atoms with Gasteiger partial charge in [-0.15, -0.1) is 11.3 Å². The molecule has 0 aliphatic carbocycles. The average Bonchev–Trinajstić information content (AvgIpc) is 3.15. The molecular formula is C19H21ClN4O4S2. The molecule has 1 N–H and O–H groups in total. The van der Waals surface area contributed by atoms with E-state index in [0.29, 0.717) is 35.1 Å². The van der Waals surface area contributed by atoms with Crippen LogP contribution in [0.25, 0.3) is 0 Å². The molecule has 0 bridgehead atoms. The van der Waals surface area contributed by atoms with Crippen molar-refractivity contribution in [3.63, 3.8) is 0 Å². The van der Waals surface area contributed by atoms with Crippen LogP contribution in [0.15, 0.2) is 21.1 Å². The number of rotatable bonds is 5. The Balaban J connectivity index is 1.62. The van der Waals surface area contributed by atoms with Gasteiger partial charge in [0.25, 0.3) is 15.6 Å². The average molecular weight is 469 g/mol. The molecule has 11 heteroatoms. The Labute approximate surface area is 183 Å². The molecule has 1 aliphatic rings. The van der Waals surface area contributed by atoms with Gasteiger partial charge in [-0.05, 0) is 43.5 Å². The highest BCUT2D eigenvalue weighted by Gasteiger charge is 2.31. The maximum absolute atomic E-state index is 12.7. The van der Waals surface area contributed by atoms with E-state index in [-0.39, 0.29) is 35.2 Å². The number of aromatic nitrogens is 1. The van der Waals surface area contributed by atoms with Gasteiger partial charge in [-0.2, -0.15) is 9.57 Å². The maximum atomic E-state index is 12.7.